The van der Waals surface area contributed by atoms with Gasteiger partial charge < -0.3 is 19.3 Å². The zero-order valence-electron chi connectivity index (χ0n) is 9.59. The number of rotatable bonds is 4. The van der Waals surface area contributed by atoms with Gasteiger partial charge in [0.05, 0.1) is 0 Å². The molecule has 17 heavy (non-hydrogen) atoms. The van der Waals surface area contributed by atoms with Gasteiger partial charge in [0.15, 0.2) is 18.5 Å². The third kappa shape index (κ3) is 3.94. The van der Waals surface area contributed by atoms with Gasteiger partial charge in [-0.1, -0.05) is 0 Å². The van der Waals surface area contributed by atoms with Crippen molar-refractivity contribution in [1.82, 2.24) is 0 Å². The molecule has 0 saturated carbocycles. The van der Waals surface area contributed by atoms with Crippen molar-refractivity contribution in [3.63, 3.8) is 0 Å². The second-order valence-electron chi connectivity index (χ2n) is 3.75. The number of carbonyl (C=O) groups excluding carboxylic acids is 2. The Labute approximate surface area is 97.6 Å². The SMILES string of the molecule is CC(=O)O[C@@H]1C[C@@H]([C@@H](CF)OC(C)=O)OC1O. The molecule has 1 unspecified atom stereocenters. The third-order valence-corrected chi connectivity index (χ3v) is 2.30. The molecule has 1 aliphatic heterocycles. The van der Waals surface area contributed by atoms with Gasteiger partial charge >= 0.3 is 11.9 Å². The van der Waals surface area contributed by atoms with Crippen LogP contribution in [0.2, 0.25) is 0 Å². The monoisotopic (exact) mass is 250 g/mol. The summed E-state index contributed by atoms with van der Waals surface area (Å²) in [6, 6.07) is 0. The van der Waals surface area contributed by atoms with Gasteiger partial charge in [-0.25, -0.2) is 4.39 Å². The van der Waals surface area contributed by atoms with Gasteiger partial charge in [0.1, 0.15) is 12.8 Å². The number of halogens is 1. The van der Waals surface area contributed by atoms with Crippen LogP contribution in [-0.2, 0) is 23.8 Å². The van der Waals surface area contributed by atoms with E-state index in [1.165, 1.54) is 6.92 Å². The molecule has 0 bridgehead atoms. The molecular weight excluding hydrogens is 235 g/mol. The Bertz CT molecular complexity index is 295. The van der Waals surface area contributed by atoms with Crippen molar-refractivity contribution >= 4 is 11.9 Å². The smallest absolute Gasteiger partial charge is 0.303 e. The zero-order valence-corrected chi connectivity index (χ0v) is 9.59. The molecule has 4 atom stereocenters. The average Bonchev–Trinajstić information content (AvgIpc) is 2.55. The van der Waals surface area contributed by atoms with Crippen LogP contribution in [0.3, 0.4) is 0 Å². The molecule has 1 N–H and O–H groups in total. The van der Waals surface area contributed by atoms with E-state index in [9.17, 15) is 19.1 Å². The van der Waals surface area contributed by atoms with Crippen LogP contribution in [0.15, 0.2) is 0 Å². The van der Waals surface area contributed by atoms with Crippen molar-refractivity contribution in [3.05, 3.63) is 0 Å². The van der Waals surface area contributed by atoms with Crippen LogP contribution in [-0.4, -0.2) is 48.3 Å². The fourth-order valence-corrected chi connectivity index (χ4v) is 1.65. The molecule has 0 amide bonds. The molecule has 1 saturated heterocycles. The number of esters is 2. The summed E-state index contributed by atoms with van der Waals surface area (Å²) in [6.07, 6.45) is -4.01. The minimum atomic E-state index is -1.33. The standard InChI is InChI=1S/C10H15FO6/c1-5(12)15-8-3-7(17-10(8)14)9(4-11)16-6(2)13/h7-10,14H,3-4H2,1-2H3/t7-,8+,9+,10?/m0/s1. The van der Waals surface area contributed by atoms with Gasteiger partial charge in [0.25, 0.3) is 0 Å². The number of hydrogen-bond acceptors (Lipinski definition) is 6. The molecule has 0 aliphatic carbocycles. The summed E-state index contributed by atoms with van der Waals surface area (Å²) in [5.41, 5.74) is 0. The van der Waals surface area contributed by atoms with E-state index < -0.39 is 43.2 Å². The van der Waals surface area contributed by atoms with Crippen LogP contribution >= 0.6 is 0 Å². The van der Waals surface area contributed by atoms with Crippen LogP contribution < -0.4 is 0 Å². The Kier molecular flexibility index (Phi) is 4.83. The van der Waals surface area contributed by atoms with Gasteiger partial charge in [0, 0.05) is 20.3 Å². The quantitative estimate of drug-likeness (QED) is 0.703. The third-order valence-electron chi connectivity index (χ3n) is 2.30. The van der Waals surface area contributed by atoms with Crippen molar-refractivity contribution in [2.75, 3.05) is 6.67 Å². The van der Waals surface area contributed by atoms with E-state index in [1.54, 1.807) is 0 Å². The topological polar surface area (TPSA) is 82.1 Å². The largest absolute Gasteiger partial charge is 0.457 e. The average molecular weight is 250 g/mol. The number of ether oxygens (including phenoxy) is 3. The maximum atomic E-state index is 12.6. The maximum Gasteiger partial charge on any atom is 0.303 e. The van der Waals surface area contributed by atoms with Gasteiger partial charge in [0.2, 0.25) is 0 Å². The Hall–Kier alpha value is -1.21. The lowest BCUT2D eigenvalue weighted by Crippen LogP contribution is -2.32. The lowest BCUT2D eigenvalue weighted by atomic mass is 10.1. The summed E-state index contributed by atoms with van der Waals surface area (Å²) in [4.78, 5) is 21.4. The Balaban J connectivity index is 2.56. The van der Waals surface area contributed by atoms with Crippen LogP contribution in [0.4, 0.5) is 4.39 Å². The first kappa shape index (κ1) is 13.9. The van der Waals surface area contributed by atoms with Crippen molar-refractivity contribution in [1.29, 1.82) is 0 Å². The van der Waals surface area contributed by atoms with Crippen LogP contribution in [0.25, 0.3) is 0 Å². The van der Waals surface area contributed by atoms with E-state index in [1.807, 2.05) is 0 Å². The van der Waals surface area contributed by atoms with Crippen LogP contribution in [0, 0.1) is 0 Å². The first-order chi connectivity index (χ1) is 7.93. The van der Waals surface area contributed by atoms with E-state index in [2.05, 4.69) is 0 Å². The number of alkyl halides is 1. The van der Waals surface area contributed by atoms with Crippen molar-refractivity contribution in [2.24, 2.45) is 0 Å². The fourth-order valence-electron chi connectivity index (χ4n) is 1.65. The van der Waals surface area contributed by atoms with Gasteiger partial charge in [-0.2, -0.15) is 0 Å². The maximum absolute atomic E-state index is 12.6. The molecular formula is C10H15FO6. The highest BCUT2D eigenvalue weighted by Gasteiger charge is 2.41. The lowest BCUT2D eigenvalue weighted by Gasteiger charge is -2.19. The molecule has 0 aromatic heterocycles. The predicted molar refractivity (Wildman–Crippen MR) is 52.6 cm³/mol. The highest BCUT2D eigenvalue weighted by molar-refractivity contribution is 5.66. The molecule has 98 valence electrons. The second kappa shape index (κ2) is 5.92. The summed E-state index contributed by atoms with van der Waals surface area (Å²) in [5.74, 6) is -1.20. The van der Waals surface area contributed by atoms with Crippen molar-refractivity contribution in [2.45, 2.75) is 44.9 Å². The summed E-state index contributed by atoms with van der Waals surface area (Å²) < 4.78 is 27.1. The molecule has 6 nitrogen and oxygen atoms in total. The van der Waals surface area contributed by atoms with Crippen LogP contribution in [0.1, 0.15) is 20.3 Å². The lowest BCUT2D eigenvalue weighted by molar-refractivity contribution is -0.178. The Morgan fingerprint density at radius 3 is 2.59 bits per heavy atom. The molecule has 1 heterocycles. The molecule has 0 spiro atoms. The van der Waals surface area contributed by atoms with E-state index in [0.29, 0.717) is 0 Å². The van der Waals surface area contributed by atoms with E-state index in [0.717, 1.165) is 6.92 Å². The summed E-state index contributed by atoms with van der Waals surface area (Å²) in [6.45, 7) is 1.42. The highest BCUT2D eigenvalue weighted by Crippen LogP contribution is 2.25. The fraction of sp³-hybridized carbons (Fsp3) is 0.800. The number of aliphatic hydroxyl groups is 1. The van der Waals surface area contributed by atoms with Gasteiger partial charge in [-0.05, 0) is 0 Å². The Morgan fingerprint density at radius 1 is 1.47 bits per heavy atom. The number of carbonyl (C=O) groups is 2. The number of hydrogen-bond donors (Lipinski definition) is 1. The zero-order chi connectivity index (χ0) is 13.0. The second-order valence-corrected chi connectivity index (χ2v) is 3.75. The van der Waals surface area contributed by atoms with E-state index in [-0.39, 0.29) is 6.42 Å². The minimum Gasteiger partial charge on any atom is -0.457 e. The molecule has 0 radical (unpaired) electrons. The van der Waals surface area contributed by atoms with Crippen molar-refractivity contribution in [3.8, 4) is 0 Å². The molecule has 7 heteroatoms. The Morgan fingerprint density at radius 2 is 2.12 bits per heavy atom. The molecule has 1 rings (SSSR count). The van der Waals surface area contributed by atoms with Crippen LogP contribution in [0.5, 0.6) is 0 Å². The summed E-state index contributed by atoms with van der Waals surface area (Å²) in [7, 11) is 0. The van der Waals surface area contributed by atoms with E-state index in [4.69, 9.17) is 14.2 Å². The van der Waals surface area contributed by atoms with Crippen molar-refractivity contribution < 1.29 is 33.3 Å². The summed E-state index contributed by atoms with van der Waals surface area (Å²) >= 11 is 0. The summed E-state index contributed by atoms with van der Waals surface area (Å²) in [5, 5.41) is 9.42. The molecule has 1 aliphatic rings. The first-order valence-corrected chi connectivity index (χ1v) is 5.18. The first-order valence-electron chi connectivity index (χ1n) is 5.18. The van der Waals surface area contributed by atoms with Gasteiger partial charge in [-0.3, -0.25) is 9.59 Å². The molecule has 0 aromatic carbocycles. The normalized spacial score (nSPS) is 29.8. The van der Waals surface area contributed by atoms with E-state index >= 15 is 0 Å². The predicted octanol–water partition coefficient (Wildman–Crippen LogP) is -0.0734. The van der Waals surface area contributed by atoms with Gasteiger partial charge in [-0.15, -0.1) is 0 Å². The highest BCUT2D eigenvalue weighted by atomic mass is 19.1. The molecule has 0 aromatic rings. The number of aliphatic hydroxyl groups excluding tert-OH is 1. The molecule has 1 fully saturated rings. The minimum absolute atomic E-state index is 0.0859.